The van der Waals surface area contributed by atoms with Gasteiger partial charge in [0.05, 0.1) is 16.7 Å². The van der Waals surface area contributed by atoms with Crippen LogP contribution in [0.2, 0.25) is 0 Å². The van der Waals surface area contributed by atoms with Gasteiger partial charge in [-0.05, 0) is 258 Å². The summed E-state index contributed by atoms with van der Waals surface area (Å²) in [6.45, 7) is 22.6. The number of carbonyl (C=O) groups is 5. The normalized spacial score (nSPS) is 12.7. The van der Waals surface area contributed by atoms with Crippen molar-refractivity contribution in [2.75, 3.05) is 233 Å². The Balaban J connectivity index is 0.000000197. The van der Waals surface area contributed by atoms with Crippen LogP contribution in [0, 0.1) is 25.6 Å². The summed E-state index contributed by atoms with van der Waals surface area (Å²) in [5.41, 5.74) is 25.9. The van der Waals surface area contributed by atoms with Crippen LogP contribution in [0.15, 0.2) is 261 Å². The Kier molecular flexibility index (Phi) is 44.3. The van der Waals surface area contributed by atoms with E-state index in [-0.39, 0.29) is 35.4 Å². The molecule has 0 unspecified atom stereocenters. The molecule has 11 aromatic rings. The number of piperazine rings is 1. The molecule has 0 bridgehead atoms. The zero-order valence-electron chi connectivity index (χ0n) is 89.9. The molecule has 0 saturated carbocycles. The minimum absolute atomic E-state index is 0.0351. The molecule has 144 heavy (non-hydrogen) atoms. The third kappa shape index (κ3) is 37.1. The van der Waals surface area contributed by atoms with Gasteiger partial charge in [-0.3, -0.25) is 28.9 Å². The highest BCUT2D eigenvalue weighted by atomic mass is 19.1. The maximum absolute atomic E-state index is 14.1. The van der Waals surface area contributed by atoms with Crippen molar-refractivity contribution in [2.24, 2.45) is 5.92 Å². The predicted octanol–water partition coefficient (Wildman–Crippen LogP) is 19.3. The molecule has 4 N–H and O–H groups in total. The lowest BCUT2D eigenvalue weighted by Gasteiger charge is -2.34. The number of rotatable bonds is 41. The fraction of sp³-hybridized carbons (Fsp3) is 0.392. The zero-order valence-corrected chi connectivity index (χ0v) is 89.9. The Hall–Kier alpha value is -13.4. The van der Waals surface area contributed by atoms with Gasteiger partial charge in [0, 0.05) is 267 Å². The molecule has 2 aliphatic rings. The maximum Gasteiger partial charge on any atom is 0.256 e. The highest BCUT2D eigenvalue weighted by molar-refractivity contribution is 6.01. The maximum atomic E-state index is 14.1. The number of halogens is 1. The Morgan fingerprint density at radius 1 is 0.354 bits per heavy atom. The van der Waals surface area contributed by atoms with E-state index in [0.717, 1.165) is 135 Å². The van der Waals surface area contributed by atoms with Crippen LogP contribution in [0.5, 0.6) is 0 Å². The Morgan fingerprint density at radius 2 is 0.694 bits per heavy atom. The van der Waals surface area contributed by atoms with Gasteiger partial charge in [0.25, 0.3) is 17.7 Å². The monoisotopic (exact) mass is 1950 g/mol. The van der Waals surface area contributed by atoms with E-state index in [0.29, 0.717) is 94.1 Å². The van der Waals surface area contributed by atoms with E-state index in [1.54, 1.807) is 6.07 Å². The number of likely N-dealkylation sites (tertiary alicyclic amines) is 1. The van der Waals surface area contributed by atoms with Crippen LogP contribution in [0.4, 0.5) is 49.9 Å². The summed E-state index contributed by atoms with van der Waals surface area (Å²) in [6, 6.07) is 84.9. The van der Waals surface area contributed by atoms with Crippen LogP contribution in [0.1, 0.15) is 142 Å². The topological polar surface area (TPSA) is 179 Å². The molecule has 2 heterocycles. The molecule has 13 rings (SSSR count). The first kappa shape index (κ1) is 113. The lowest BCUT2D eigenvalue weighted by molar-refractivity contribution is -0.128. The van der Waals surface area contributed by atoms with Gasteiger partial charge < -0.3 is 85.0 Å². The second-order valence-corrected chi connectivity index (χ2v) is 40.5. The van der Waals surface area contributed by atoms with Crippen molar-refractivity contribution in [1.82, 2.24) is 49.4 Å². The SMILES string of the molecule is CC(C)c1ccc(CN2CCN(C(=O)/C=C/C(=O)NCc3ccc(N(C)C)cc3)CC2)cc1.CN(C)c1ccc(CCC2CCN(C(=O)c3cc(F)ccc3NCc3ccc(N(C)C)cc3)CC2)cc1.Cc1ccc(NCc2ccc(CN(C)C)cc2)c(C(=O)N(C)CCN(C)Cc2ccc(CN(C)C)cc2)c1.Cc1ccc(NCc2ccc(N(C)C)cc2)c(C(=O)N(C)CCN(C)Cc2ccc(N(C)C)cc2)c1. The highest BCUT2D eigenvalue weighted by Crippen LogP contribution is 2.31. The van der Waals surface area contributed by atoms with E-state index in [4.69, 9.17) is 0 Å². The second-order valence-electron chi connectivity index (χ2n) is 40.5. The fourth-order valence-electron chi connectivity index (χ4n) is 17.2. The number of piperidine rings is 1. The molecule has 0 aromatic heterocycles. The van der Waals surface area contributed by atoms with Crippen LogP contribution in [-0.4, -0.2) is 266 Å². The van der Waals surface area contributed by atoms with E-state index in [2.05, 4.69) is 312 Å². The van der Waals surface area contributed by atoms with E-state index in [1.807, 2.05) is 163 Å². The van der Waals surface area contributed by atoms with E-state index < -0.39 is 0 Å². The molecule has 2 aliphatic heterocycles. The number of anilines is 8. The standard InChI is InChI=1S/C32H45N5O.C31H39FN4O.C30H41N5O.C27H36N4O2/c1-25-8-17-31(33-21-26-9-11-27(12-10-26)22-34(2)3)30(20-25)32(38)37(7)19-18-36(6)24-29-15-13-28(14-16-29)23-35(4)5;1-34(2)27-12-7-23(8-13-27)5-6-24-17-19-36(20-18-24)31(37)29-21-26(32)11-16-30(29)33-22-25-9-14-28(15-10-25)35(3)4;1-23-8-17-29(31-21-24-9-13-26(14-10-24)32(2)3)28(20-23)30(36)35(7)19-18-34(6)22-25-11-15-27(16-12-25)33(4)5;1-21(2)24-9-5-23(6-10-24)20-30-15-17-31(18-16-30)27(33)14-13-26(32)28-19-22-7-11-25(12-8-22)29(3)4/h8-17,20,33H,18-19,21-24H2,1-7H3;7-16,21,24,33H,5-6,17-20,22H2,1-4H3;8-17,20,31H,18-19,21-22H2,1-7H3;5-14,21H,15-20H2,1-4H3,(H,28,32)/b;;;14-13+. The number of carbonyl (C=O) groups excluding carboxylic acids is 5. The fourth-order valence-corrected chi connectivity index (χ4v) is 17.2. The van der Waals surface area contributed by atoms with Gasteiger partial charge in [-0.2, -0.15) is 0 Å². The average Bonchev–Trinajstić information content (AvgIpc) is 0.820. The summed E-state index contributed by atoms with van der Waals surface area (Å²) < 4.78 is 14.1. The molecule has 23 nitrogen and oxygen atoms in total. The van der Waals surface area contributed by atoms with Crippen molar-refractivity contribution in [3.63, 3.8) is 0 Å². The largest absolute Gasteiger partial charge is 0.380 e. The van der Waals surface area contributed by atoms with Gasteiger partial charge in [0.15, 0.2) is 0 Å². The highest BCUT2D eigenvalue weighted by Gasteiger charge is 2.28. The smallest absolute Gasteiger partial charge is 0.256 e. The van der Waals surface area contributed by atoms with Gasteiger partial charge in [-0.15, -0.1) is 0 Å². The van der Waals surface area contributed by atoms with Crippen LogP contribution in [0.3, 0.4) is 0 Å². The van der Waals surface area contributed by atoms with E-state index in [1.165, 1.54) is 91.4 Å². The van der Waals surface area contributed by atoms with Crippen LogP contribution >= 0.6 is 0 Å². The Morgan fingerprint density at radius 3 is 1.08 bits per heavy atom. The minimum Gasteiger partial charge on any atom is -0.380 e. The predicted molar refractivity (Wildman–Crippen MR) is 599 cm³/mol. The number of amides is 5. The number of aryl methyl sites for hydroxylation is 3. The third-order valence-corrected chi connectivity index (χ3v) is 26.3. The first-order valence-corrected chi connectivity index (χ1v) is 50.6. The molecule has 24 heteroatoms. The summed E-state index contributed by atoms with van der Waals surface area (Å²) >= 11 is 0. The number of nitrogens with zero attached hydrogens (tertiary/aromatic N) is 14. The summed E-state index contributed by atoms with van der Waals surface area (Å²) in [7, 11) is 36.6. The molecule has 0 radical (unpaired) electrons. The van der Waals surface area contributed by atoms with Crippen molar-refractivity contribution < 1.29 is 28.4 Å². The van der Waals surface area contributed by atoms with Crippen LogP contribution in [-0.2, 0) is 74.9 Å². The van der Waals surface area contributed by atoms with Crippen molar-refractivity contribution in [2.45, 2.75) is 118 Å². The van der Waals surface area contributed by atoms with Gasteiger partial charge in [-0.1, -0.05) is 171 Å². The van der Waals surface area contributed by atoms with E-state index >= 15 is 0 Å². The molecule has 2 fully saturated rings. The number of nitrogens with one attached hydrogen (secondary N) is 4. The molecular weight excluding hydrogens is 1790 g/mol. The minimum atomic E-state index is -0.389. The van der Waals surface area contributed by atoms with Gasteiger partial charge >= 0.3 is 0 Å². The van der Waals surface area contributed by atoms with Crippen molar-refractivity contribution >= 4 is 75.0 Å². The third-order valence-electron chi connectivity index (χ3n) is 26.3. The number of hydrogen-bond donors (Lipinski definition) is 4. The summed E-state index contributed by atoms with van der Waals surface area (Å²) in [4.78, 5) is 93.7. The molecule has 0 atom stereocenters. The van der Waals surface area contributed by atoms with Crippen molar-refractivity contribution in [3.05, 3.63) is 356 Å². The summed E-state index contributed by atoms with van der Waals surface area (Å²) in [5, 5.41) is 13.2. The Bertz CT molecular complexity index is 5820. The first-order valence-electron chi connectivity index (χ1n) is 50.6. The zero-order chi connectivity index (χ0) is 104. The summed E-state index contributed by atoms with van der Waals surface area (Å²) in [5.74, 6) is 0.366. The van der Waals surface area contributed by atoms with Crippen molar-refractivity contribution in [1.29, 1.82) is 0 Å². The van der Waals surface area contributed by atoms with Crippen molar-refractivity contribution in [3.8, 4) is 0 Å². The van der Waals surface area contributed by atoms with Gasteiger partial charge in [0.2, 0.25) is 11.8 Å². The first-order chi connectivity index (χ1) is 68.8. The average molecular weight is 1950 g/mol. The molecule has 2 saturated heterocycles. The molecular formula is C120H161FN18O5. The molecule has 0 spiro atoms. The number of benzene rings is 11. The molecule has 768 valence electrons. The lowest BCUT2D eigenvalue weighted by Crippen LogP contribution is -2.47. The van der Waals surface area contributed by atoms with Gasteiger partial charge in [0.1, 0.15) is 5.82 Å². The molecule has 11 aromatic carbocycles. The lowest BCUT2D eigenvalue weighted by atomic mass is 9.90. The number of likely N-dealkylation sites (N-methyl/N-ethyl adjacent to an activating group) is 4. The number of hydrogen-bond acceptors (Lipinski definition) is 18. The molecule has 5 amide bonds. The van der Waals surface area contributed by atoms with Gasteiger partial charge in [-0.25, -0.2) is 4.39 Å². The summed E-state index contributed by atoms with van der Waals surface area (Å²) in [6.07, 6.45) is 6.86. The second kappa shape index (κ2) is 56.6. The molecule has 0 aliphatic carbocycles. The Labute approximate surface area is 860 Å². The quantitative estimate of drug-likeness (QED) is 0.0266. The van der Waals surface area contributed by atoms with E-state index in [9.17, 15) is 28.4 Å². The van der Waals surface area contributed by atoms with Crippen LogP contribution in [0.25, 0.3) is 0 Å². The van der Waals surface area contributed by atoms with Crippen LogP contribution < -0.4 is 45.8 Å².